The SMILES string of the molecule is Cc1ccoc1C(=O)N[C@H]1CCN(Cc2ccc(C#N)cc2)C1=O. The van der Waals surface area contributed by atoms with Gasteiger partial charge < -0.3 is 14.6 Å². The van der Waals surface area contributed by atoms with E-state index in [-0.39, 0.29) is 17.6 Å². The summed E-state index contributed by atoms with van der Waals surface area (Å²) < 4.78 is 5.15. The second-order valence-corrected chi connectivity index (χ2v) is 5.82. The highest BCUT2D eigenvalue weighted by atomic mass is 16.3. The molecule has 2 amide bonds. The second-order valence-electron chi connectivity index (χ2n) is 5.82. The molecule has 1 N–H and O–H groups in total. The number of nitrogens with zero attached hydrogens (tertiary/aromatic N) is 2. The van der Waals surface area contributed by atoms with E-state index in [1.807, 2.05) is 12.1 Å². The van der Waals surface area contributed by atoms with E-state index in [0.29, 0.717) is 25.1 Å². The summed E-state index contributed by atoms with van der Waals surface area (Å²) in [6.45, 7) is 2.84. The van der Waals surface area contributed by atoms with Crippen LogP contribution < -0.4 is 5.32 Å². The third kappa shape index (κ3) is 3.15. The van der Waals surface area contributed by atoms with Gasteiger partial charge in [-0.15, -0.1) is 0 Å². The van der Waals surface area contributed by atoms with Crippen molar-refractivity contribution < 1.29 is 14.0 Å². The summed E-state index contributed by atoms with van der Waals surface area (Å²) in [4.78, 5) is 26.3. The van der Waals surface area contributed by atoms with Crippen LogP contribution in [0.25, 0.3) is 0 Å². The van der Waals surface area contributed by atoms with Crippen molar-refractivity contribution in [3.8, 4) is 6.07 Å². The molecule has 0 spiro atoms. The van der Waals surface area contributed by atoms with Gasteiger partial charge in [0.1, 0.15) is 6.04 Å². The maximum Gasteiger partial charge on any atom is 0.287 e. The molecule has 1 aliphatic rings. The topological polar surface area (TPSA) is 86.3 Å². The highest BCUT2D eigenvalue weighted by Crippen LogP contribution is 2.17. The van der Waals surface area contributed by atoms with Crippen LogP contribution >= 0.6 is 0 Å². The van der Waals surface area contributed by atoms with Crippen LogP contribution in [0.15, 0.2) is 41.0 Å². The molecule has 6 nitrogen and oxygen atoms in total. The van der Waals surface area contributed by atoms with Crippen molar-refractivity contribution in [2.75, 3.05) is 6.54 Å². The Kier molecular flexibility index (Phi) is 4.34. The summed E-state index contributed by atoms with van der Waals surface area (Å²) in [5.74, 6) is -0.221. The lowest BCUT2D eigenvalue weighted by molar-refractivity contribution is -0.129. The number of carbonyl (C=O) groups excluding carboxylic acids is 2. The fraction of sp³-hybridized carbons (Fsp3) is 0.278. The van der Waals surface area contributed by atoms with Crippen LogP contribution in [-0.2, 0) is 11.3 Å². The van der Waals surface area contributed by atoms with Crippen molar-refractivity contribution in [3.63, 3.8) is 0 Å². The first-order chi connectivity index (χ1) is 11.6. The largest absolute Gasteiger partial charge is 0.459 e. The molecular formula is C18H17N3O3. The smallest absolute Gasteiger partial charge is 0.287 e. The monoisotopic (exact) mass is 323 g/mol. The highest BCUT2D eigenvalue weighted by Gasteiger charge is 2.33. The first-order valence-electron chi connectivity index (χ1n) is 7.71. The number of nitrogens with one attached hydrogen (secondary N) is 1. The van der Waals surface area contributed by atoms with Crippen molar-refractivity contribution in [1.29, 1.82) is 5.26 Å². The average Bonchev–Trinajstić information content (AvgIpc) is 3.16. The zero-order valence-electron chi connectivity index (χ0n) is 13.3. The highest BCUT2D eigenvalue weighted by molar-refractivity contribution is 5.97. The quantitative estimate of drug-likeness (QED) is 0.932. The zero-order chi connectivity index (χ0) is 17.1. The van der Waals surface area contributed by atoms with E-state index in [1.165, 1.54) is 6.26 Å². The van der Waals surface area contributed by atoms with Crippen LogP contribution in [0.2, 0.25) is 0 Å². The molecule has 0 unspecified atom stereocenters. The van der Waals surface area contributed by atoms with Gasteiger partial charge in [-0.05, 0) is 37.1 Å². The normalized spacial score (nSPS) is 16.9. The van der Waals surface area contributed by atoms with Gasteiger partial charge >= 0.3 is 0 Å². The van der Waals surface area contributed by atoms with Gasteiger partial charge in [-0.2, -0.15) is 5.26 Å². The van der Waals surface area contributed by atoms with Gasteiger partial charge in [0.2, 0.25) is 5.91 Å². The Labute approximate surface area is 139 Å². The lowest BCUT2D eigenvalue weighted by Gasteiger charge is -2.17. The van der Waals surface area contributed by atoms with E-state index in [2.05, 4.69) is 11.4 Å². The number of nitriles is 1. The van der Waals surface area contributed by atoms with Crippen molar-refractivity contribution in [3.05, 3.63) is 59.0 Å². The molecule has 0 radical (unpaired) electrons. The predicted octanol–water partition coefficient (Wildman–Crippen LogP) is 1.99. The third-order valence-electron chi connectivity index (χ3n) is 4.13. The molecule has 0 saturated carbocycles. The van der Waals surface area contributed by atoms with Crippen molar-refractivity contribution in [2.45, 2.75) is 25.9 Å². The zero-order valence-corrected chi connectivity index (χ0v) is 13.3. The van der Waals surface area contributed by atoms with E-state index >= 15 is 0 Å². The maximum absolute atomic E-state index is 12.5. The Morgan fingerprint density at radius 3 is 2.75 bits per heavy atom. The Morgan fingerprint density at radius 1 is 1.38 bits per heavy atom. The molecule has 1 aliphatic heterocycles. The molecule has 122 valence electrons. The van der Waals surface area contributed by atoms with Crippen molar-refractivity contribution in [1.82, 2.24) is 10.2 Å². The molecule has 1 aromatic heterocycles. The molecule has 2 heterocycles. The lowest BCUT2D eigenvalue weighted by Crippen LogP contribution is -2.41. The fourth-order valence-corrected chi connectivity index (χ4v) is 2.76. The van der Waals surface area contributed by atoms with Gasteiger partial charge in [-0.1, -0.05) is 12.1 Å². The summed E-state index contributed by atoms with van der Waals surface area (Å²) in [6, 6.07) is 10.4. The molecule has 6 heteroatoms. The van der Waals surface area contributed by atoms with E-state index in [4.69, 9.17) is 9.68 Å². The Hall–Kier alpha value is -3.07. The average molecular weight is 323 g/mol. The van der Waals surface area contributed by atoms with Gasteiger partial charge in [-0.3, -0.25) is 9.59 Å². The van der Waals surface area contributed by atoms with Crippen LogP contribution in [-0.4, -0.2) is 29.3 Å². The van der Waals surface area contributed by atoms with Gasteiger partial charge in [0.05, 0.1) is 17.9 Å². The number of rotatable bonds is 4. The fourth-order valence-electron chi connectivity index (χ4n) is 2.76. The molecule has 0 bridgehead atoms. The number of furan rings is 1. The van der Waals surface area contributed by atoms with Crippen LogP contribution in [0.4, 0.5) is 0 Å². The predicted molar refractivity (Wildman–Crippen MR) is 85.9 cm³/mol. The molecular weight excluding hydrogens is 306 g/mol. The molecule has 1 atom stereocenters. The number of amides is 2. The molecule has 2 aromatic rings. The second kappa shape index (κ2) is 6.59. The maximum atomic E-state index is 12.5. The summed E-state index contributed by atoms with van der Waals surface area (Å²) in [7, 11) is 0. The number of benzene rings is 1. The third-order valence-corrected chi connectivity index (χ3v) is 4.13. The van der Waals surface area contributed by atoms with E-state index < -0.39 is 6.04 Å². The standard InChI is InChI=1S/C18H17N3O3/c1-12-7-9-24-16(12)17(22)20-15-6-8-21(18(15)23)11-14-4-2-13(10-19)3-5-14/h2-5,7,9,15H,6,8,11H2,1H3,(H,20,22)/t15-/m0/s1. The molecule has 1 fully saturated rings. The van der Waals surface area contributed by atoms with Gasteiger partial charge in [0.15, 0.2) is 5.76 Å². The van der Waals surface area contributed by atoms with Crippen LogP contribution in [0.1, 0.15) is 33.7 Å². The van der Waals surface area contributed by atoms with Crippen molar-refractivity contribution in [2.24, 2.45) is 0 Å². The van der Waals surface area contributed by atoms with Crippen LogP contribution in [0, 0.1) is 18.3 Å². The van der Waals surface area contributed by atoms with Gasteiger partial charge in [0.25, 0.3) is 5.91 Å². The Morgan fingerprint density at radius 2 is 2.12 bits per heavy atom. The molecule has 3 rings (SSSR count). The Balaban J connectivity index is 1.61. The summed E-state index contributed by atoms with van der Waals surface area (Å²) >= 11 is 0. The van der Waals surface area contributed by atoms with Crippen LogP contribution in [0.3, 0.4) is 0 Å². The lowest BCUT2D eigenvalue weighted by atomic mass is 10.1. The minimum absolute atomic E-state index is 0.100. The number of aryl methyl sites for hydroxylation is 1. The summed E-state index contributed by atoms with van der Waals surface area (Å²) in [6.07, 6.45) is 2.03. The van der Waals surface area contributed by atoms with Gasteiger partial charge in [-0.25, -0.2) is 0 Å². The summed E-state index contributed by atoms with van der Waals surface area (Å²) in [5.41, 5.74) is 2.29. The number of carbonyl (C=O) groups is 2. The number of hydrogen-bond acceptors (Lipinski definition) is 4. The minimum atomic E-state index is -0.527. The Bertz CT molecular complexity index is 802. The van der Waals surface area contributed by atoms with E-state index in [1.54, 1.807) is 30.0 Å². The first-order valence-corrected chi connectivity index (χ1v) is 7.71. The van der Waals surface area contributed by atoms with E-state index in [0.717, 1.165) is 11.1 Å². The van der Waals surface area contributed by atoms with Crippen molar-refractivity contribution >= 4 is 11.8 Å². The molecule has 1 aromatic carbocycles. The molecule has 1 saturated heterocycles. The first kappa shape index (κ1) is 15.8. The number of hydrogen-bond donors (Lipinski definition) is 1. The minimum Gasteiger partial charge on any atom is -0.459 e. The number of likely N-dealkylation sites (tertiary alicyclic amines) is 1. The van der Waals surface area contributed by atoms with Crippen LogP contribution in [0.5, 0.6) is 0 Å². The van der Waals surface area contributed by atoms with E-state index in [9.17, 15) is 9.59 Å². The summed E-state index contributed by atoms with van der Waals surface area (Å²) in [5, 5.41) is 11.5. The van der Waals surface area contributed by atoms with Gasteiger partial charge in [0, 0.05) is 18.7 Å². The molecule has 0 aliphatic carbocycles. The molecule has 24 heavy (non-hydrogen) atoms.